The summed E-state index contributed by atoms with van der Waals surface area (Å²) in [6, 6.07) is 14.6. The van der Waals surface area contributed by atoms with Crippen molar-refractivity contribution in [2.45, 2.75) is 204 Å². The first kappa shape index (κ1) is 134. The first-order valence-electron chi connectivity index (χ1n) is 32.5. The van der Waals surface area contributed by atoms with Crippen LogP contribution in [0.25, 0.3) is 20.1 Å². The Morgan fingerprint density at radius 2 is 1.05 bits per heavy atom. The molecule has 41 heteroatoms. The number of nitrogens with one attached hydrogen (secondary N) is 1. The summed E-state index contributed by atoms with van der Waals surface area (Å²) >= 11 is 23.2. The number of aryl methyl sites for hydroxylation is 3. The standard InChI is InChI=1S/2C13H14BrNO2.C9H12BrNO3.C9H13NO3.C8H8N2.C5H9NO2.2C4H7BrO3.C4H5ClO.CH3F.5CH4.BHNS.BrH.H3N2O.Na/c2*1-9-6-10(4-5-11(9)15-3)7-12(16)13(2,17)8-14;1-9(5-10)8(13)11-4-2-3-6(11)7(12)14-9;1-6(2)8(11)10-5-3-4-7(10)9(12)13;1-6-5-7(9)3-4-8(6)10-2;7-5(8)4-2-1-3-6-4;2*1-4(8,2-5)3(6)7;1-3(2)4(5)6;1-2;;;;;;1-2-3;;1-2-3;/h2*4-6,17H,7-8H2,1-2H3;6H,2-5H2,1H3;7H,1,3-5H2,2H3,(H,12,13);3-5H,9H2,1H3;4,6H,1-3H2,(H,7,8);2*8H,2H2,1H3,(H,6,7);1H2,2H3;1H3;5*1H4;3H;1H;3H,1H2;/q;;;;;;;;;;;;;;;;;-1;+1/t2*13-;6?,9-;7-;;3*4-;;;;;;;;;;;/m0001.100.........../s1/i;;;;;;;;;1D;;;;;;;;;. The second kappa shape index (κ2) is 71.4. The number of thiol groups is 1. The van der Waals surface area contributed by atoms with E-state index in [0.29, 0.717) is 58.7 Å². The minimum atomic E-state index is -1.62. The zero-order valence-corrected chi connectivity index (χ0v) is 76.5. The first-order valence-corrected chi connectivity index (χ1v) is 38.1. The number of allylic oxidation sites excluding steroid dienone is 1. The van der Waals surface area contributed by atoms with E-state index in [-0.39, 0.29) is 159 Å². The van der Waals surface area contributed by atoms with E-state index in [0.717, 1.165) is 66.5 Å². The van der Waals surface area contributed by atoms with Crippen LogP contribution >= 0.6 is 121 Å². The summed E-state index contributed by atoms with van der Waals surface area (Å²) in [4.78, 5) is 122. The molecule has 14 N–H and O–H groups in total. The fourth-order valence-corrected chi connectivity index (χ4v) is 9.57. The second-order valence-corrected chi connectivity index (χ2v) is 27.9. The number of amides is 2. The number of ether oxygens (including phenoxy) is 1. The number of rotatable bonds is 17. The van der Waals surface area contributed by atoms with Gasteiger partial charge in [0.25, 0.3) is 5.91 Å². The summed E-state index contributed by atoms with van der Waals surface area (Å²) in [5.41, 5.74) is 8.18. The molecule has 653 valence electrons. The molecule has 1 unspecified atom stereocenters. The number of hydrogen-bond acceptors (Lipinski definition) is 21. The molecule has 0 spiro atoms. The smallest absolute Gasteiger partial charge is 0.399 e. The van der Waals surface area contributed by atoms with Crippen LogP contribution in [0.3, 0.4) is 0 Å². The minimum absolute atomic E-state index is 0. The van der Waals surface area contributed by atoms with Gasteiger partial charge in [-0.1, -0.05) is 172 Å². The molecule has 4 saturated heterocycles. The van der Waals surface area contributed by atoms with E-state index in [1.807, 2.05) is 38.5 Å². The molecule has 4 aliphatic rings. The number of benzene rings is 3. The minimum Gasteiger partial charge on any atom is -0.399 e. The molecule has 0 bridgehead atoms. The normalized spacial score (nSPS) is 16.9. The summed E-state index contributed by atoms with van der Waals surface area (Å²) in [6.45, 7) is 45.3. The van der Waals surface area contributed by atoms with Crippen LogP contribution in [-0.4, -0.2) is 222 Å². The number of nitrogen functional groups attached to an aromatic ring is 1. The van der Waals surface area contributed by atoms with Crippen molar-refractivity contribution in [1.29, 1.82) is 0 Å². The molecule has 4 fully saturated rings. The molecule has 7 rings (SSSR count). The molecule has 4 aliphatic heterocycles. The van der Waals surface area contributed by atoms with E-state index in [2.05, 4.69) is 143 Å². The van der Waals surface area contributed by atoms with E-state index in [4.69, 9.17) is 79.0 Å². The van der Waals surface area contributed by atoms with Crippen molar-refractivity contribution >= 4 is 210 Å². The quantitative estimate of drug-likeness (QED) is 0.00570. The van der Waals surface area contributed by atoms with Crippen LogP contribution in [0.15, 0.2) is 83.2 Å². The number of carbonyl (C=O) groups excluding carboxylic acids is 6. The molecule has 2 amide bonds. The summed E-state index contributed by atoms with van der Waals surface area (Å²) in [5.74, 6) is -1.09. The van der Waals surface area contributed by atoms with Gasteiger partial charge < -0.3 is 83.1 Å². The van der Waals surface area contributed by atoms with Crippen molar-refractivity contribution in [1.82, 2.24) is 15.1 Å². The Balaban J connectivity index is -0.000000105. The fourth-order valence-electron chi connectivity index (χ4n) is 8.11. The molecule has 0 aliphatic carbocycles. The number of morpholine rings is 1. The Hall–Kier alpha value is -5.30. The number of carboxylic acids is 4. The van der Waals surface area contributed by atoms with Gasteiger partial charge in [-0.2, -0.15) is 0 Å². The number of Topliss-reactive ketones (excluding diaryl/α,β-unsaturated/α-hetero) is 2. The maximum absolute atomic E-state index is 11.9. The Morgan fingerprint density at radius 3 is 1.30 bits per heavy atom. The van der Waals surface area contributed by atoms with Crippen molar-refractivity contribution in [2.24, 2.45) is 10.1 Å². The number of carboxylic acid groups (broad SMARTS) is 4. The number of hydrogen-bond donors (Lipinski definition) is 13. The summed E-state index contributed by atoms with van der Waals surface area (Å²) < 4.78 is 23.4. The molecule has 1 radical (unpaired) electrons. The van der Waals surface area contributed by atoms with E-state index in [1.54, 1.807) is 68.1 Å². The Morgan fingerprint density at radius 1 is 0.707 bits per heavy atom. The van der Waals surface area contributed by atoms with Crippen molar-refractivity contribution in [3.05, 3.63) is 147 Å². The van der Waals surface area contributed by atoms with Gasteiger partial charge in [-0.3, -0.25) is 33.2 Å². The number of nitrogens with two attached hydrogens (primary N) is 2. The summed E-state index contributed by atoms with van der Waals surface area (Å²) in [7, 11) is 3.34. The predicted molar refractivity (Wildman–Crippen MR) is 479 cm³/mol. The van der Waals surface area contributed by atoms with E-state index < -0.39 is 70.3 Å². The van der Waals surface area contributed by atoms with Gasteiger partial charge in [-0.25, -0.2) is 33.7 Å². The number of likely N-dealkylation sites (tertiary alicyclic amines) is 1. The molecule has 0 saturated carbocycles. The molecular weight excluding hydrogens is 1960 g/mol. The third-order valence-electron chi connectivity index (χ3n) is 14.7. The molecule has 30 nitrogen and oxygen atoms in total. The van der Waals surface area contributed by atoms with E-state index in [9.17, 15) is 62.5 Å². The number of aliphatic hydroxyl groups is 4. The van der Waals surface area contributed by atoms with Crippen LogP contribution in [0.5, 0.6) is 0 Å². The average Bonchev–Trinajstić information content (AvgIpc) is 1.70. The Kier molecular flexibility index (Phi) is 82.5. The number of ketones is 2. The molecule has 8 atom stereocenters. The number of halogens is 8. The number of aliphatic carboxylic acids is 4. The number of carbonyl (C=O) groups is 10. The predicted octanol–water partition coefficient (Wildman–Crippen LogP) is 11.8. The van der Waals surface area contributed by atoms with Crippen molar-refractivity contribution in [3.8, 4) is 0 Å². The Bertz CT molecular complexity index is 3570. The van der Waals surface area contributed by atoms with Crippen LogP contribution in [-0.2, 0) is 65.5 Å². The SMILES string of the molecule is Br.C.C.C.C.C.C=C(C)C(=O)Cl.C=C(C)C(=O)N1CCC[C@@H]1C(=O)O.C[C@@]1(CBr)OC(=O)C2CCCN2C1=O.C[C@](O)(CBr)C(=O)O.C[C@](O)(CBr)C(=O)O.N[N-]O.O=C(O)[C@H]1CCCN1.[2H]CF.[B]=NS.[C-]#[N+]c1ccc(CC(=O)[C@@](C)(O)CBr)cc1C.[C-]#[N+]c1ccc(CC(=O)[C@@](C)(O)CBr)cc1C.[C-]#[N+]c1ccc(N)cc1C.[Na+]. The van der Waals surface area contributed by atoms with Crippen LogP contribution in [0, 0.1) is 40.5 Å². The average molecular weight is 2080 g/mol. The van der Waals surface area contributed by atoms with Gasteiger partial charge in [-0.05, 0) is 166 Å². The third kappa shape index (κ3) is 54.1. The van der Waals surface area contributed by atoms with Gasteiger partial charge in [0.2, 0.25) is 11.1 Å². The number of anilines is 1. The van der Waals surface area contributed by atoms with Crippen LogP contribution in [0.2, 0.25) is 0 Å². The molecule has 3 aromatic rings. The van der Waals surface area contributed by atoms with Crippen LogP contribution in [0.4, 0.5) is 27.1 Å². The Labute approximate surface area is 771 Å². The second-order valence-electron chi connectivity index (χ2n) is 24.6. The van der Waals surface area contributed by atoms with Gasteiger partial charge in [0.05, 0.1) is 33.6 Å². The number of cyclic esters (lactones) is 1. The maximum atomic E-state index is 11.9. The molecule has 0 aromatic heterocycles. The van der Waals surface area contributed by atoms with E-state index >= 15 is 0 Å². The van der Waals surface area contributed by atoms with Gasteiger partial charge in [0.15, 0.2) is 45.4 Å². The maximum Gasteiger partial charge on any atom is 1.00 e. The van der Waals surface area contributed by atoms with Gasteiger partial charge in [0.1, 0.15) is 29.3 Å². The van der Waals surface area contributed by atoms with Crippen molar-refractivity contribution in [3.63, 3.8) is 0 Å². The fraction of sp³-hybridized carbons (Fsp3) is 0.533. The number of fused-ring (bicyclic) bond motifs is 1. The molecular formula is C75H117BBr6ClFN10NaO20S. The number of nitrogens with zero attached hydrogens (tertiary/aromatic N) is 7. The van der Waals surface area contributed by atoms with Crippen molar-refractivity contribution < 1.29 is 134 Å². The largest absolute Gasteiger partial charge is 1.00 e. The third-order valence-corrected chi connectivity index (χ3v) is 20.4. The molecule has 3 aromatic carbocycles. The number of alkyl halides is 6. The van der Waals surface area contributed by atoms with Crippen LogP contribution < -0.4 is 46.5 Å². The summed E-state index contributed by atoms with van der Waals surface area (Å²) in [5, 5.41) is 80.8. The molecule has 4 heterocycles. The zero-order valence-electron chi connectivity index (χ0n) is 64.2. The number of esters is 1. The monoisotopic (exact) mass is 2070 g/mol. The summed E-state index contributed by atoms with van der Waals surface area (Å²) in [6.07, 6.45) is 5.08. The van der Waals surface area contributed by atoms with Crippen molar-refractivity contribution in [2.75, 3.05) is 59.2 Å². The first-order chi connectivity index (χ1) is 50.9. The molecule has 116 heavy (non-hydrogen) atoms. The van der Waals surface area contributed by atoms with Gasteiger partial charge >= 0.3 is 84.2 Å². The van der Waals surface area contributed by atoms with Gasteiger partial charge in [0, 0.05) is 64.1 Å². The van der Waals surface area contributed by atoms with E-state index in [1.165, 1.54) is 32.6 Å². The topological polar surface area (TPSA) is 472 Å². The van der Waals surface area contributed by atoms with Gasteiger partial charge in [-0.15, -0.1) is 17.0 Å². The zero-order chi connectivity index (χ0) is 86.8. The van der Waals surface area contributed by atoms with Crippen LogP contribution in [0.1, 0.15) is 153 Å².